The van der Waals surface area contributed by atoms with Crippen molar-refractivity contribution in [1.29, 1.82) is 0 Å². The van der Waals surface area contributed by atoms with Crippen LogP contribution in [0.5, 0.6) is 0 Å². The molecule has 12 heavy (non-hydrogen) atoms. The molecule has 0 amide bonds. The first kappa shape index (κ1) is 6.57. The van der Waals surface area contributed by atoms with E-state index < -0.39 is 12.2 Å². The molecule has 2 N–H and O–H groups in total. The second-order valence-corrected chi connectivity index (χ2v) is 3.08. The molecule has 0 bridgehead atoms. The number of aromatic nitrogens is 1. The molecule has 3 heteroatoms. The largest absolute Gasteiger partial charge is 0.390 e. The molecule has 1 rings (SSSR count). The van der Waals surface area contributed by atoms with Crippen molar-refractivity contribution in [3.63, 3.8) is 0 Å². The molecular weight excluding hydrogens is 154 g/mol. The Kier molecular flexibility index (Phi) is 1.76. The highest BCUT2D eigenvalue weighted by molar-refractivity contribution is 5.15. The van der Waals surface area contributed by atoms with E-state index in [1.165, 1.54) is 6.07 Å². The fraction of sp³-hybridized carbons (Fsp3) is 0.444. The van der Waals surface area contributed by atoms with Crippen molar-refractivity contribution >= 4 is 0 Å². The van der Waals surface area contributed by atoms with E-state index in [1.807, 2.05) is 0 Å². The highest BCUT2D eigenvalue weighted by atomic mass is 16.3. The summed E-state index contributed by atoms with van der Waals surface area (Å²) in [6.07, 6.45) is 0. The summed E-state index contributed by atoms with van der Waals surface area (Å²) in [6.45, 7) is 0.624. The molecule has 0 aromatic carbocycles. The molecule has 0 aliphatic rings. The Morgan fingerprint density at radius 1 is 1.58 bits per heavy atom. The van der Waals surface area contributed by atoms with Crippen LogP contribution in [0.15, 0.2) is 18.2 Å². The quantitative estimate of drug-likeness (QED) is 0.688. The Hall–Kier alpha value is -0.930. The van der Waals surface area contributed by atoms with E-state index in [0.29, 0.717) is 5.69 Å². The lowest BCUT2D eigenvalue weighted by Crippen LogP contribution is -2.17. The topological polar surface area (TPSA) is 53.4 Å². The molecule has 0 fully saturated rings. The highest BCUT2D eigenvalue weighted by Gasteiger charge is 2.17. The lowest BCUT2D eigenvalue weighted by Gasteiger charge is -2.16. The maximum absolute atomic E-state index is 9.61. The van der Waals surface area contributed by atoms with Crippen LogP contribution in [0, 0.1) is 0 Å². The number of pyridine rings is 1. The fourth-order valence-electron chi connectivity index (χ4n) is 0.838. The Balaban J connectivity index is 3.15. The normalized spacial score (nSPS) is 15.3. The molecule has 3 nitrogen and oxygen atoms in total. The predicted octanol–water partition coefficient (Wildman–Crippen LogP) is 0.801. The van der Waals surface area contributed by atoms with Crippen molar-refractivity contribution in [2.75, 3.05) is 0 Å². The molecular formula is C9H13NO2. The summed E-state index contributed by atoms with van der Waals surface area (Å²) in [7, 11) is 0. The number of aliphatic hydroxyl groups is 2. The molecule has 0 atom stereocenters. The van der Waals surface area contributed by atoms with E-state index in [1.54, 1.807) is 26.0 Å². The van der Waals surface area contributed by atoms with Crippen LogP contribution in [0.3, 0.4) is 0 Å². The van der Waals surface area contributed by atoms with Gasteiger partial charge >= 0.3 is 0 Å². The molecule has 1 heterocycles. The zero-order valence-corrected chi connectivity index (χ0v) is 7.07. The van der Waals surface area contributed by atoms with E-state index in [0.717, 1.165) is 0 Å². The fourth-order valence-corrected chi connectivity index (χ4v) is 0.838. The first-order valence-corrected chi connectivity index (χ1v) is 3.64. The Morgan fingerprint density at radius 3 is 2.75 bits per heavy atom. The number of hydrogen-bond acceptors (Lipinski definition) is 3. The van der Waals surface area contributed by atoms with E-state index in [9.17, 15) is 5.11 Å². The molecule has 0 saturated heterocycles. The van der Waals surface area contributed by atoms with Gasteiger partial charge in [0, 0.05) is 0 Å². The Bertz CT molecular complexity index is 299. The summed E-state index contributed by atoms with van der Waals surface area (Å²) in [5.41, 5.74) is -0.911. The monoisotopic (exact) mass is 169 g/mol. The van der Waals surface area contributed by atoms with Crippen LogP contribution in [0.4, 0.5) is 0 Å². The van der Waals surface area contributed by atoms with Crippen LogP contribution < -0.4 is 0 Å². The Morgan fingerprint density at radius 2 is 2.25 bits per heavy atom. The third-order valence-electron chi connectivity index (χ3n) is 1.49. The summed E-state index contributed by atoms with van der Waals surface area (Å²) in [5.74, 6) is 0. The molecule has 1 aromatic heterocycles. The number of rotatable bonds is 2. The van der Waals surface area contributed by atoms with Gasteiger partial charge in [-0.3, -0.25) is 4.98 Å². The van der Waals surface area contributed by atoms with Gasteiger partial charge in [0.2, 0.25) is 0 Å². The summed E-state index contributed by atoms with van der Waals surface area (Å²) in [6, 6.07) is 4.49. The highest BCUT2D eigenvalue weighted by Crippen LogP contribution is 2.16. The molecule has 0 aliphatic carbocycles. The first-order valence-electron chi connectivity index (χ1n) is 4.64. The van der Waals surface area contributed by atoms with Gasteiger partial charge in [-0.1, -0.05) is 6.07 Å². The average molecular weight is 169 g/mol. The molecule has 0 unspecified atom stereocenters. The molecule has 0 spiro atoms. The minimum atomic E-state index is -2.47. The van der Waals surface area contributed by atoms with Crippen molar-refractivity contribution in [3.05, 3.63) is 29.6 Å². The van der Waals surface area contributed by atoms with Crippen molar-refractivity contribution in [3.8, 4) is 0 Å². The van der Waals surface area contributed by atoms with Crippen molar-refractivity contribution in [1.82, 2.24) is 4.98 Å². The van der Waals surface area contributed by atoms with Gasteiger partial charge in [-0.15, -0.1) is 0 Å². The SMILES string of the molecule is [2H]C([2H])(O)c1cccc(C(C)(C)O)n1. The minimum Gasteiger partial charge on any atom is -0.390 e. The summed E-state index contributed by atoms with van der Waals surface area (Å²) in [5, 5.41) is 18.7. The summed E-state index contributed by atoms with van der Waals surface area (Å²) in [4.78, 5) is 3.84. The molecule has 0 radical (unpaired) electrons. The number of nitrogens with zero attached hydrogens (tertiary/aromatic N) is 1. The third-order valence-corrected chi connectivity index (χ3v) is 1.49. The van der Waals surface area contributed by atoms with Crippen LogP contribution in [0.25, 0.3) is 0 Å². The molecule has 66 valence electrons. The zero-order valence-electron chi connectivity index (χ0n) is 9.07. The summed E-state index contributed by atoms with van der Waals surface area (Å²) >= 11 is 0. The number of hydrogen-bond donors (Lipinski definition) is 2. The van der Waals surface area contributed by atoms with Crippen LogP contribution in [0.2, 0.25) is 0 Å². The maximum atomic E-state index is 9.61. The van der Waals surface area contributed by atoms with Crippen LogP contribution >= 0.6 is 0 Å². The van der Waals surface area contributed by atoms with Gasteiger partial charge in [-0.25, -0.2) is 0 Å². The van der Waals surface area contributed by atoms with Gasteiger partial charge in [0.25, 0.3) is 0 Å². The van der Waals surface area contributed by atoms with Crippen LogP contribution in [-0.4, -0.2) is 15.2 Å². The van der Waals surface area contributed by atoms with Gasteiger partial charge < -0.3 is 10.2 Å². The lowest BCUT2D eigenvalue weighted by atomic mass is 10.0. The summed E-state index contributed by atoms with van der Waals surface area (Å²) < 4.78 is 14.1. The van der Waals surface area contributed by atoms with Gasteiger partial charge in [0.15, 0.2) is 0 Å². The minimum absolute atomic E-state index is 0.0999. The van der Waals surface area contributed by atoms with E-state index in [-0.39, 0.29) is 5.69 Å². The molecule has 0 aliphatic heterocycles. The van der Waals surface area contributed by atoms with Gasteiger partial charge in [0.1, 0.15) is 5.60 Å². The van der Waals surface area contributed by atoms with Gasteiger partial charge in [0.05, 0.1) is 20.7 Å². The molecule has 1 aromatic rings. The van der Waals surface area contributed by atoms with Crippen LogP contribution in [0.1, 0.15) is 28.0 Å². The third kappa shape index (κ3) is 2.03. The van der Waals surface area contributed by atoms with Gasteiger partial charge in [-0.05, 0) is 26.0 Å². The lowest BCUT2D eigenvalue weighted by molar-refractivity contribution is 0.0733. The van der Waals surface area contributed by atoms with Gasteiger partial charge in [-0.2, -0.15) is 0 Å². The maximum Gasteiger partial charge on any atom is 0.101 e. The first-order chi connectivity index (χ1) is 6.21. The standard InChI is InChI=1S/C9H13NO2/c1-9(2,12)8-5-3-4-7(6-11)10-8/h3-5,11-12H,6H2,1-2H3/i6D2. The second-order valence-electron chi connectivity index (χ2n) is 3.08. The molecule has 0 saturated carbocycles. The zero-order chi connectivity index (χ0) is 11.0. The smallest absolute Gasteiger partial charge is 0.101 e. The van der Waals surface area contributed by atoms with E-state index in [4.69, 9.17) is 7.85 Å². The second kappa shape index (κ2) is 3.21. The van der Waals surface area contributed by atoms with Crippen molar-refractivity contribution < 1.29 is 13.0 Å². The van der Waals surface area contributed by atoms with Crippen molar-refractivity contribution in [2.24, 2.45) is 0 Å². The van der Waals surface area contributed by atoms with Crippen molar-refractivity contribution in [2.45, 2.75) is 26.0 Å². The van der Waals surface area contributed by atoms with E-state index in [2.05, 4.69) is 4.98 Å². The van der Waals surface area contributed by atoms with E-state index >= 15 is 0 Å². The average Bonchev–Trinajstić information content (AvgIpc) is 2.01. The Labute approximate surface area is 74.5 Å². The van der Waals surface area contributed by atoms with Crippen LogP contribution in [-0.2, 0) is 12.2 Å². The predicted molar refractivity (Wildman–Crippen MR) is 45.4 cm³/mol.